The van der Waals surface area contributed by atoms with Crippen LogP contribution in [0.1, 0.15) is 11.1 Å². The number of hydrogen-bond acceptors (Lipinski definition) is 7. The summed E-state index contributed by atoms with van der Waals surface area (Å²) in [6.45, 7) is 1.81. The first-order valence-electron chi connectivity index (χ1n) is 9.68. The molecule has 3 aromatic carbocycles. The maximum absolute atomic E-state index is 12.7. The first-order valence-corrected chi connectivity index (χ1v) is 11.8. The number of halogens is 2. The third-order valence-electron chi connectivity index (χ3n) is 4.57. The number of non-ortho nitro benzene ring substituents is 1. The van der Waals surface area contributed by atoms with E-state index in [2.05, 4.69) is 5.32 Å². The van der Waals surface area contributed by atoms with Crippen LogP contribution in [0.15, 0.2) is 71.1 Å². The maximum atomic E-state index is 12.7. The molecule has 0 spiro atoms. The van der Waals surface area contributed by atoms with Gasteiger partial charge in [0, 0.05) is 17.7 Å². The van der Waals surface area contributed by atoms with Gasteiger partial charge in [0.05, 0.1) is 20.7 Å². The number of carbonyl (C=O) groups is 1. The molecule has 1 N–H and O–H groups in total. The van der Waals surface area contributed by atoms with E-state index in [1.54, 1.807) is 24.3 Å². The number of carbonyl (C=O) groups excluding carboxylic acids is 1. The summed E-state index contributed by atoms with van der Waals surface area (Å²) < 4.78 is 30.6. The molecule has 0 bridgehead atoms. The molecule has 9 nitrogen and oxygen atoms in total. The predicted molar refractivity (Wildman–Crippen MR) is 131 cm³/mol. The second-order valence-electron chi connectivity index (χ2n) is 7.05. The normalized spacial score (nSPS) is 11.4. The molecule has 1 amide bonds. The van der Waals surface area contributed by atoms with Crippen LogP contribution in [0.4, 0.5) is 11.4 Å². The highest BCUT2D eigenvalue weighted by molar-refractivity contribution is 7.87. The van der Waals surface area contributed by atoms with Crippen molar-refractivity contribution in [2.24, 2.45) is 0 Å². The largest absolute Gasteiger partial charge is 0.378 e. The van der Waals surface area contributed by atoms with E-state index >= 15 is 0 Å². The third kappa shape index (κ3) is 6.16. The lowest BCUT2D eigenvalue weighted by Gasteiger charge is -2.11. The van der Waals surface area contributed by atoms with Gasteiger partial charge in [-0.05, 0) is 31.2 Å². The molecular formula is C23H15Cl2N3O6S. The van der Waals surface area contributed by atoms with Gasteiger partial charge >= 0.3 is 10.1 Å². The number of nitro benzene ring substituents is 1. The number of aryl methyl sites for hydroxylation is 1. The molecule has 178 valence electrons. The minimum atomic E-state index is -4.19. The zero-order valence-corrected chi connectivity index (χ0v) is 20.2. The molecule has 0 aromatic heterocycles. The standard InChI is InChI=1S/C23H15Cl2N3O6S/c1-14-6-8-18(9-7-14)35(32,33)34-21-5-3-2-4-15(21)10-16(13-26)23(29)27-22-19(24)11-17(28(30)31)12-20(22)25/h2-12H,1H3,(H,27,29)/b16-10+. The number of nitriles is 1. The van der Waals surface area contributed by atoms with Gasteiger partial charge in [0.1, 0.15) is 22.3 Å². The van der Waals surface area contributed by atoms with Gasteiger partial charge in [-0.3, -0.25) is 14.9 Å². The van der Waals surface area contributed by atoms with Crippen molar-refractivity contribution in [3.8, 4) is 11.8 Å². The van der Waals surface area contributed by atoms with Gasteiger partial charge in [0.2, 0.25) is 0 Å². The Balaban J connectivity index is 1.91. The van der Waals surface area contributed by atoms with Crippen LogP contribution >= 0.6 is 23.2 Å². The Morgan fingerprint density at radius 3 is 2.29 bits per heavy atom. The molecule has 0 aliphatic carbocycles. The van der Waals surface area contributed by atoms with Crippen LogP contribution < -0.4 is 9.50 Å². The van der Waals surface area contributed by atoms with E-state index in [-0.39, 0.29) is 37.6 Å². The van der Waals surface area contributed by atoms with Crippen molar-refractivity contribution < 1.29 is 22.3 Å². The second-order valence-corrected chi connectivity index (χ2v) is 9.41. The van der Waals surface area contributed by atoms with E-state index in [1.165, 1.54) is 30.3 Å². The van der Waals surface area contributed by atoms with Crippen molar-refractivity contribution in [2.75, 3.05) is 5.32 Å². The Kier molecular flexibility index (Phi) is 7.76. The molecule has 0 heterocycles. The molecule has 3 aromatic rings. The van der Waals surface area contributed by atoms with Gasteiger partial charge < -0.3 is 9.50 Å². The summed E-state index contributed by atoms with van der Waals surface area (Å²) in [4.78, 5) is 22.9. The number of nitrogens with zero attached hydrogens (tertiary/aromatic N) is 2. The molecule has 0 saturated heterocycles. The van der Waals surface area contributed by atoms with Gasteiger partial charge in [-0.25, -0.2) is 0 Å². The summed E-state index contributed by atoms with van der Waals surface area (Å²) in [7, 11) is -4.19. The number of amides is 1. The summed E-state index contributed by atoms with van der Waals surface area (Å²) in [5.74, 6) is -1.04. The van der Waals surface area contributed by atoms with Crippen LogP contribution in [-0.4, -0.2) is 19.2 Å². The molecule has 0 atom stereocenters. The quantitative estimate of drug-likeness (QED) is 0.139. The van der Waals surface area contributed by atoms with Crippen LogP contribution in [0.25, 0.3) is 6.08 Å². The van der Waals surface area contributed by atoms with E-state index < -0.39 is 26.5 Å². The lowest BCUT2D eigenvalue weighted by molar-refractivity contribution is -0.384. The molecule has 35 heavy (non-hydrogen) atoms. The van der Waals surface area contributed by atoms with Gasteiger partial charge in [-0.1, -0.05) is 59.1 Å². The molecule has 0 fully saturated rings. The summed E-state index contributed by atoms with van der Waals surface area (Å²) >= 11 is 12.0. The summed E-state index contributed by atoms with van der Waals surface area (Å²) in [5, 5.41) is 22.4. The topological polar surface area (TPSA) is 139 Å². The molecule has 0 radical (unpaired) electrons. The number of para-hydroxylation sites is 1. The zero-order chi connectivity index (χ0) is 25.8. The Bertz CT molecular complexity index is 1470. The molecule has 3 rings (SSSR count). The van der Waals surface area contributed by atoms with E-state index in [0.29, 0.717) is 0 Å². The first kappa shape index (κ1) is 25.7. The lowest BCUT2D eigenvalue weighted by Crippen LogP contribution is -2.14. The Hall–Kier alpha value is -3.91. The SMILES string of the molecule is Cc1ccc(S(=O)(=O)Oc2ccccc2/C=C(\C#N)C(=O)Nc2c(Cl)cc([N+](=O)[O-])cc2Cl)cc1. The third-order valence-corrected chi connectivity index (χ3v) is 6.41. The molecule has 0 aliphatic heterocycles. The number of nitro groups is 1. The van der Waals surface area contributed by atoms with Crippen LogP contribution in [0.5, 0.6) is 5.75 Å². The van der Waals surface area contributed by atoms with Crippen molar-refractivity contribution in [3.63, 3.8) is 0 Å². The Morgan fingerprint density at radius 2 is 1.71 bits per heavy atom. The zero-order valence-electron chi connectivity index (χ0n) is 17.9. The monoisotopic (exact) mass is 531 g/mol. The number of hydrogen-bond donors (Lipinski definition) is 1. The number of rotatable bonds is 7. The molecule has 12 heteroatoms. The molecule has 0 saturated carbocycles. The van der Waals surface area contributed by atoms with E-state index in [4.69, 9.17) is 27.4 Å². The van der Waals surface area contributed by atoms with Crippen LogP contribution in [0, 0.1) is 28.4 Å². The van der Waals surface area contributed by atoms with Crippen LogP contribution in [0.2, 0.25) is 10.0 Å². The van der Waals surface area contributed by atoms with Gasteiger partial charge in [-0.2, -0.15) is 13.7 Å². The van der Waals surface area contributed by atoms with Crippen molar-refractivity contribution in [1.82, 2.24) is 0 Å². The average Bonchev–Trinajstić information content (AvgIpc) is 2.80. The minimum Gasteiger partial charge on any atom is -0.378 e. The van der Waals surface area contributed by atoms with E-state index in [9.17, 15) is 28.6 Å². The Labute approximate surface area is 210 Å². The van der Waals surface area contributed by atoms with Gasteiger partial charge in [-0.15, -0.1) is 0 Å². The summed E-state index contributed by atoms with van der Waals surface area (Å²) in [6, 6.07) is 15.7. The van der Waals surface area contributed by atoms with Crippen LogP contribution in [0.3, 0.4) is 0 Å². The fraction of sp³-hybridized carbons (Fsp3) is 0.0435. The van der Waals surface area contributed by atoms with Crippen molar-refractivity contribution >= 4 is 56.7 Å². The molecule has 0 aliphatic rings. The summed E-state index contributed by atoms with van der Waals surface area (Å²) in [5.41, 5.74) is 0.0618. The lowest BCUT2D eigenvalue weighted by atomic mass is 10.1. The van der Waals surface area contributed by atoms with Gasteiger partial charge in [0.15, 0.2) is 0 Å². The smallest absolute Gasteiger partial charge is 0.339 e. The Morgan fingerprint density at radius 1 is 1.11 bits per heavy atom. The fourth-order valence-electron chi connectivity index (χ4n) is 2.82. The van der Waals surface area contributed by atoms with Crippen molar-refractivity contribution in [3.05, 3.63) is 97.5 Å². The fourth-order valence-corrected chi connectivity index (χ4v) is 4.34. The molecule has 0 unspecified atom stereocenters. The maximum Gasteiger partial charge on any atom is 0.339 e. The highest BCUT2D eigenvalue weighted by Gasteiger charge is 2.21. The predicted octanol–water partition coefficient (Wildman–Crippen LogP) is 5.52. The minimum absolute atomic E-state index is 0.0670. The van der Waals surface area contributed by atoms with Gasteiger partial charge in [0.25, 0.3) is 11.6 Å². The van der Waals surface area contributed by atoms with Crippen molar-refractivity contribution in [2.45, 2.75) is 11.8 Å². The number of nitrogens with one attached hydrogen (secondary N) is 1. The molecular weight excluding hydrogens is 517 g/mol. The highest BCUT2D eigenvalue weighted by Crippen LogP contribution is 2.35. The van der Waals surface area contributed by atoms with E-state index in [1.807, 2.05) is 6.92 Å². The summed E-state index contributed by atoms with van der Waals surface area (Å²) in [6.07, 6.45) is 1.13. The van der Waals surface area contributed by atoms with Crippen molar-refractivity contribution in [1.29, 1.82) is 5.26 Å². The highest BCUT2D eigenvalue weighted by atomic mass is 35.5. The average molecular weight is 532 g/mol. The van der Waals surface area contributed by atoms with E-state index in [0.717, 1.165) is 23.8 Å². The second kappa shape index (κ2) is 10.6. The first-order chi connectivity index (χ1) is 16.5. The number of benzene rings is 3. The van der Waals surface area contributed by atoms with Crippen LogP contribution in [-0.2, 0) is 14.9 Å². The number of anilines is 1.